The van der Waals surface area contributed by atoms with Crippen molar-refractivity contribution in [1.29, 1.82) is 0 Å². The molecule has 8 rings (SSSR count). The van der Waals surface area contributed by atoms with Crippen LogP contribution in [-0.4, -0.2) is 4.98 Å². The number of rotatable bonds is 3. The minimum Gasteiger partial charge on any atom is -0.255 e. The van der Waals surface area contributed by atoms with Gasteiger partial charge in [-0.05, 0) is 92.0 Å². The zero-order chi connectivity index (χ0) is 24.5. The van der Waals surface area contributed by atoms with Crippen LogP contribution in [0.25, 0.3) is 75.6 Å². The Morgan fingerprint density at radius 2 is 1.38 bits per heavy atom. The summed E-state index contributed by atoms with van der Waals surface area (Å²) in [5.74, 6) is 0. The highest BCUT2D eigenvalue weighted by Gasteiger charge is 2.22. The Labute approximate surface area is 219 Å². The van der Waals surface area contributed by atoms with Crippen LogP contribution in [-0.2, 0) is 6.42 Å². The first-order valence-electron chi connectivity index (χ1n) is 12.9. The van der Waals surface area contributed by atoms with E-state index in [1.165, 1.54) is 75.6 Å². The van der Waals surface area contributed by atoms with E-state index in [4.69, 9.17) is 4.98 Å². The fourth-order valence-corrected chi connectivity index (χ4v) is 7.23. The summed E-state index contributed by atoms with van der Waals surface area (Å²) in [6, 6.07) is 38.2. The smallest absolute Gasteiger partial charge is 0.0894 e. The monoisotopic (exact) mass is 489 g/mol. The summed E-state index contributed by atoms with van der Waals surface area (Å²) in [5.41, 5.74) is 12.9. The molecule has 0 atom stereocenters. The molecule has 1 aliphatic carbocycles. The minimum absolute atomic E-state index is 0.995. The van der Waals surface area contributed by atoms with Gasteiger partial charge in [-0.15, -0.1) is 11.3 Å². The van der Waals surface area contributed by atoms with Gasteiger partial charge in [-0.25, -0.2) is 0 Å². The summed E-state index contributed by atoms with van der Waals surface area (Å²) in [6.07, 6.45) is 2.96. The molecule has 2 heterocycles. The Kier molecular flexibility index (Phi) is 4.44. The molecule has 0 saturated heterocycles. The lowest BCUT2D eigenvalue weighted by Gasteiger charge is -2.13. The number of hydrogen-bond donors (Lipinski definition) is 0. The lowest BCUT2D eigenvalue weighted by molar-refractivity contribution is 1.14. The van der Waals surface area contributed by atoms with Crippen molar-refractivity contribution in [3.05, 3.63) is 115 Å². The zero-order valence-corrected chi connectivity index (χ0v) is 21.3. The molecular formula is C35H23NS. The molecule has 0 saturated carbocycles. The van der Waals surface area contributed by atoms with Crippen molar-refractivity contribution >= 4 is 42.4 Å². The molecule has 37 heavy (non-hydrogen) atoms. The summed E-state index contributed by atoms with van der Waals surface area (Å²) in [6.45, 7) is 2.24. The van der Waals surface area contributed by atoms with E-state index in [0.717, 1.165) is 11.9 Å². The van der Waals surface area contributed by atoms with Crippen molar-refractivity contribution in [3.8, 4) is 44.5 Å². The average Bonchev–Trinajstić information content (AvgIpc) is 3.50. The highest BCUT2D eigenvalue weighted by atomic mass is 32.1. The maximum Gasteiger partial charge on any atom is 0.0894 e. The molecule has 2 heteroatoms. The van der Waals surface area contributed by atoms with Crippen molar-refractivity contribution in [2.75, 3.05) is 0 Å². The van der Waals surface area contributed by atoms with Gasteiger partial charge < -0.3 is 0 Å². The van der Waals surface area contributed by atoms with E-state index in [-0.39, 0.29) is 0 Å². The molecule has 0 N–H and O–H groups in total. The van der Waals surface area contributed by atoms with Gasteiger partial charge in [0.1, 0.15) is 0 Å². The van der Waals surface area contributed by atoms with E-state index < -0.39 is 0 Å². The summed E-state index contributed by atoms with van der Waals surface area (Å²) < 4.78 is 2.55. The topological polar surface area (TPSA) is 12.9 Å². The van der Waals surface area contributed by atoms with Gasteiger partial charge in [0.15, 0.2) is 0 Å². The fraction of sp³-hybridized carbons (Fsp3) is 0.0571. The van der Waals surface area contributed by atoms with Gasteiger partial charge in [-0.1, -0.05) is 79.7 Å². The second kappa shape index (κ2) is 7.86. The number of aromatic nitrogens is 1. The van der Waals surface area contributed by atoms with Crippen molar-refractivity contribution in [2.24, 2.45) is 0 Å². The molecule has 7 aromatic rings. The normalized spacial score (nSPS) is 12.0. The highest BCUT2D eigenvalue weighted by molar-refractivity contribution is 7.26. The lowest BCUT2D eigenvalue weighted by atomic mass is 9.92. The Balaban J connectivity index is 1.37. The summed E-state index contributed by atoms with van der Waals surface area (Å²) in [7, 11) is 0. The number of nitrogens with zero attached hydrogens (tertiary/aromatic N) is 1. The first kappa shape index (κ1) is 20.9. The van der Waals surface area contributed by atoms with Crippen LogP contribution in [0.4, 0.5) is 0 Å². The largest absolute Gasteiger partial charge is 0.255 e. The molecule has 5 aromatic carbocycles. The standard InChI is InChI=1S/C35H23NS/c1-2-21-16-23(19-25(17-21)26-14-15-36-34-30-11-5-6-13-32(30)37-35(26)34)24-18-22-8-7-12-29-27-9-3-4-10-28(27)31(20-24)33(22)29/h3-20H,2H2,1H3. The minimum atomic E-state index is 0.995. The zero-order valence-electron chi connectivity index (χ0n) is 20.5. The molecule has 0 bridgehead atoms. The third kappa shape index (κ3) is 3.06. The Hall–Kier alpha value is -4.27. The first-order valence-corrected chi connectivity index (χ1v) is 13.7. The Bertz CT molecular complexity index is 2030. The number of fused-ring (bicyclic) bond motifs is 6. The van der Waals surface area contributed by atoms with E-state index in [1.807, 2.05) is 17.5 Å². The average molecular weight is 490 g/mol. The van der Waals surface area contributed by atoms with Crippen LogP contribution >= 0.6 is 11.3 Å². The molecule has 174 valence electrons. The van der Waals surface area contributed by atoms with Crippen LogP contribution < -0.4 is 0 Å². The molecule has 0 spiro atoms. The van der Waals surface area contributed by atoms with Crippen molar-refractivity contribution in [2.45, 2.75) is 13.3 Å². The lowest BCUT2D eigenvalue weighted by Crippen LogP contribution is -1.89. The third-order valence-electron chi connectivity index (χ3n) is 7.79. The molecule has 0 amide bonds. The third-order valence-corrected chi connectivity index (χ3v) is 8.98. The Morgan fingerprint density at radius 1 is 0.622 bits per heavy atom. The van der Waals surface area contributed by atoms with Crippen LogP contribution in [0.3, 0.4) is 0 Å². The van der Waals surface area contributed by atoms with Crippen LogP contribution in [0.15, 0.2) is 109 Å². The maximum absolute atomic E-state index is 4.77. The molecule has 2 aromatic heterocycles. The number of aryl methyl sites for hydroxylation is 1. The summed E-state index contributed by atoms with van der Waals surface area (Å²) in [4.78, 5) is 4.77. The summed E-state index contributed by atoms with van der Waals surface area (Å²) >= 11 is 1.84. The quantitative estimate of drug-likeness (QED) is 0.240. The van der Waals surface area contributed by atoms with E-state index in [1.54, 1.807) is 0 Å². The predicted molar refractivity (Wildman–Crippen MR) is 159 cm³/mol. The van der Waals surface area contributed by atoms with Gasteiger partial charge in [-0.3, -0.25) is 4.98 Å². The van der Waals surface area contributed by atoms with E-state index in [2.05, 4.69) is 110 Å². The van der Waals surface area contributed by atoms with Gasteiger partial charge in [0.2, 0.25) is 0 Å². The van der Waals surface area contributed by atoms with Gasteiger partial charge >= 0.3 is 0 Å². The van der Waals surface area contributed by atoms with Crippen molar-refractivity contribution in [1.82, 2.24) is 4.98 Å². The summed E-state index contributed by atoms with van der Waals surface area (Å²) in [5, 5.41) is 3.92. The van der Waals surface area contributed by atoms with Crippen LogP contribution in [0.1, 0.15) is 12.5 Å². The number of benzene rings is 5. The molecule has 0 radical (unpaired) electrons. The van der Waals surface area contributed by atoms with Gasteiger partial charge in [0.25, 0.3) is 0 Å². The van der Waals surface area contributed by atoms with Crippen LogP contribution in [0, 0.1) is 0 Å². The first-order chi connectivity index (χ1) is 18.3. The van der Waals surface area contributed by atoms with Crippen molar-refractivity contribution < 1.29 is 0 Å². The van der Waals surface area contributed by atoms with E-state index in [9.17, 15) is 0 Å². The van der Waals surface area contributed by atoms with E-state index in [0.29, 0.717) is 0 Å². The number of hydrogen-bond acceptors (Lipinski definition) is 2. The number of pyridine rings is 1. The molecule has 0 unspecified atom stereocenters. The van der Waals surface area contributed by atoms with E-state index >= 15 is 0 Å². The molecule has 0 aliphatic heterocycles. The van der Waals surface area contributed by atoms with Crippen molar-refractivity contribution in [3.63, 3.8) is 0 Å². The molecular weight excluding hydrogens is 466 g/mol. The van der Waals surface area contributed by atoms with Crippen LogP contribution in [0.5, 0.6) is 0 Å². The molecule has 1 nitrogen and oxygen atoms in total. The SMILES string of the molecule is CCc1cc(-c2cc3c4c(cccc4c2)-c2ccccc2-3)cc(-c2ccnc3c2sc2ccccc23)c1. The van der Waals surface area contributed by atoms with Crippen LogP contribution in [0.2, 0.25) is 0 Å². The second-order valence-corrected chi connectivity index (χ2v) is 10.9. The number of thiophene rings is 1. The Morgan fingerprint density at radius 3 is 2.27 bits per heavy atom. The fourth-order valence-electron chi connectivity index (χ4n) is 6.03. The van der Waals surface area contributed by atoms with Gasteiger partial charge in [0.05, 0.1) is 10.2 Å². The second-order valence-electron chi connectivity index (χ2n) is 9.88. The van der Waals surface area contributed by atoms with Gasteiger partial charge in [-0.2, -0.15) is 0 Å². The predicted octanol–water partition coefficient (Wildman–Crippen LogP) is 10.1. The highest BCUT2D eigenvalue weighted by Crippen LogP contribution is 2.49. The maximum atomic E-state index is 4.77. The molecule has 0 fully saturated rings. The van der Waals surface area contributed by atoms with Gasteiger partial charge in [0, 0.05) is 21.8 Å². The molecule has 1 aliphatic rings.